The van der Waals surface area contributed by atoms with E-state index in [1.54, 1.807) is 38.1 Å². The molecule has 7 heterocycles. The first-order valence-corrected chi connectivity index (χ1v) is 39.2. The Bertz CT molecular complexity index is 5040. The summed E-state index contributed by atoms with van der Waals surface area (Å²) in [5, 5.41) is 127. The summed E-state index contributed by atoms with van der Waals surface area (Å²) in [4.78, 5) is 118. The van der Waals surface area contributed by atoms with Gasteiger partial charge in [0.1, 0.15) is 95.2 Å². The van der Waals surface area contributed by atoms with Crippen molar-refractivity contribution in [1.29, 1.82) is 0 Å². The SMILES string of the molecule is CN[C@H](CC(C)C)C(=O)N[C@H]1C(=O)N[C@@H](CC(N)=O)C(=O)N[C@H]2C(=O)N[C@H]3C(=O)N[C@H](C(=O)N[C@@H](C(=O)O)c4cc(O)cc(O)c4-c4cc3ccc4O)[C@H](O)c3ccc(c(Cl)c3)Oc3cc2cc(c3OC2OC(CN)C(O)C(O)C2OC2CC(C)(NCc3ccc(OCCc4ccc(Cl)c(Cl)c4)cc3)C(O)C(C)O2)Oc2ccc(cc2Cl)[C@H]1O. The van der Waals surface area contributed by atoms with E-state index in [1.165, 1.54) is 19.2 Å². The van der Waals surface area contributed by atoms with Crippen molar-refractivity contribution in [3.8, 4) is 62.9 Å². The molecule has 7 aliphatic heterocycles. The van der Waals surface area contributed by atoms with Crippen LogP contribution < -0.4 is 72.9 Å². The van der Waals surface area contributed by atoms with E-state index in [2.05, 4.69) is 42.5 Å². The molecule has 634 valence electrons. The minimum Gasteiger partial charge on any atom is -0.508 e. The highest BCUT2D eigenvalue weighted by Crippen LogP contribution is 2.50. The molecular formula is C81H88Cl4N10O24. The molecule has 2 fully saturated rings. The van der Waals surface area contributed by atoms with Crippen molar-refractivity contribution in [2.45, 2.75) is 169 Å². The maximum atomic E-state index is 16.2. The van der Waals surface area contributed by atoms with E-state index in [0.29, 0.717) is 28.8 Å². The lowest BCUT2D eigenvalue weighted by Gasteiger charge is -2.48. The number of amides is 7. The third-order valence-electron chi connectivity index (χ3n) is 21.0. The zero-order chi connectivity index (χ0) is 85.9. The van der Waals surface area contributed by atoms with Crippen molar-refractivity contribution in [1.82, 2.24) is 42.5 Å². The van der Waals surface area contributed by atoms with E-state index < -0.39 is 231 Å². The number of phenols is 3. The van der Waals surface area contributed by atoms with E-state index in [4.69, 9.17) is 91.0 Å². The van der Waals surface area contributed by atoms with Crippen LogP contribution in [0.5, 0.6) is 51.7 Å². The lowest BCUT2D eigenvalue weighted by atomic mass is 9.84. The Morgan fingerprint density at radius 2 is 1.29 bits per heavy atom. The first-order valence-electron chi connectivity index (χ1n) is 37.7. The summed E-state index contributed by atoms with van der Waals surface area (Å²) in [7, 11) is 1.48. The number of nitrogens with one attached hydrogen (secondary N) is 8. The molecule has 0 aliphatic carbocycles. The molecule has 21 N–H and O–H groups in total. The highest BCUT2D eigenvalue weighted by Gasteiger charge is 2.52. The summed E-state index contributed by atoms with van der Waals surface area (Å²) in [5.41, 5.74) is 9.67. The van der Waals surface area contributed by atoms with Crippen LogP contribution in [0.15, 0.2) is 121 Å². The average molecular weight is 1730 g/mol. The molecule has 7 aliphatic rings. The van der Waals surface area contributed by atoms with E-state index in [0.717, 1.165) is 77.9 Å². The lowest BCUT2D eigenvalue weighted by molar-refractivity contribution is -0.331. The summed E-state index contributed by atoms with van der Waals surface area (Å²) >= 11 is 26.7. The number of aliphatic carboxylic acids is 1. The van der Waals surface area contributed by atoms with Gasteiger partial charge in [-0.05, 0) is 145 Å². The van der Waals surface area contributed by atoms with Gasteiger partial charge in [0.25, 0.3) is 0 Å². The van der Waals surface area contributed by atoms with Gasteiger partial charge in [0.05, 0.1) is 51.4 Å². The minimum absolute atomic E-state index is 0.106. The smallest absolute Gasteiger partial charge is 0.330 e. The Labute approximate surface area is 700 Å². The van der Waals surface area contributed by atoms with Crippen molar-refractivity contribution in [3.63, 3.8) is 0 Å². The number of aromatic hydroxyl groups is 3. The van der Waals surface area contributed by atoms with Crippen molar-refractivity contribution < 1.29 is 117 Å². The predicted molar refractivity (Wildman–Crippen MR) is 426 cm³/mol. The largest absolute Gasteiger partial charge is 0.508 e. The minimum atomic E-state index is -2.35. The number of nitrogens with two attached hydrogens (primary N) is 2. The van der Waals surface area contributed by atoms with Crippen molar-refractivity contribution in [2.24, 2.45) is 17.4 Å². The average Bonchev–Trinajstić information content (AvgIpc) is 0.759. The number of carboxylic acid groups (broad SMARTS) is 1. The molecular weight excluding hydrogens is 1640 g/mol. The number of likely N-dealkylation sites (N-methyl/N-ethyl adjacent to an activating group) is 1. The highest BCUT2D eigenvalue weighted by molar-refractivity contribution is 6.42. The van der Waals surface area contributed by atoms with Crippen LogP contribution in [0, 0.1) is 5.92 Å². The Hall–Kier alpha value is -10.4. The molecule has 7 aromatic rings. The van der Waals surface area contributed by atoms with Crippen LogP contribution >= 0.6 is 46.4 Å². The zero-order valence-electron chi connectivity index (χ0n) is 64.2. The van der Waals surface area contributed by atoms with Gasteiger partial charge in [0, 0.05) is 54.2 Å². The van der Waals surface area contributed by atoms with Crippen LogP contribution in [-0.4, -0.2) is 192 Å². The summed E-state index contributed by atoms with van der Waals surface area (Å²) in [6, 6.07) is 12.0. The second kappa shape index (κ2) is 37.1. The molecule has 7 amide bonds. The zero-order valence-corrected chi connectivity index (χ0v) is 67.2. The van der Waals surface area contributed by atoms with Gasteiger partial charge in [-0.2, -0.15) is 0 Å². The number of aliphatic hydroxyl groups excluding tert-OH is 5. The van der Waals surface area contributed by atoms with E-state index >= 15 is 14.4 Å². The summed E-state index contributed by atoms with van der Waals surface area (Å²) in [6.07, 6.45) is -17.6. The Kier molecular flexibility index (Phi) is 27.4. The van der Waals surface area contributed by atoms with Crippen LogP contribution in [0.4, 0.5) is 0 Å². The second-order valence-corrected chi connectivity index (χ2v) is 31.7. The number of aliphatic hydroxyl groups is 5. The number of fused-ring (bicyclic) bond motifs is 15. The van der Waals surface area contributed by atoms with Crippen molar-refractivity contribution in [2.75, 3.05) is 20.2 Å². The molecule has 9 unspecified atom stereocenters. The Morgan fingerprint density at radius 1 is 0.655 bits per heavy atom. The first kappa shape index (κ1) is 87.9. The normalized spacial score (nSPS) is 26.7. The van der Waals surface area contributed by atoms with Crippen molar-refractivity contribution >= 4 is 93.7 Å². The van der Waals surface area contributed by atoms with Gasteiger partial charge >= 0.3 is 5.97 Å². The van der Waals surface area contributed by atoms with Gasteiger partial charge in [0.15, 0.2) is 29.9 Å². The van der Waals surface area contributed by atoms with Crippen LogP contribution in [0.25, 0.3) is 11.1 Å². The number of carbonyl (C=O) groups is 8. The number of hydrogen-bond donors (Lipinski definition) is 19. The standard InChI is InChI=1S/C81H88Cl4N10O24/c1-33(2)20-49(88-5)73(105)94-64-66(100)38-10-16-53(47(84)23-38)115-55-25-40-26-56(70(55)119-80-71(69(103)68(102)57(31-86)117-80)118-59-30-81(4,72(104)34(3)114-59)89-32-36-6-12-42(13-7-36)113-19-18-35-8-14-45(82)46(83)21-35)116-54-17-11-39(24-48(54)85)67(101)65-78(110)93-63(79(111)112)44-27-41(96)28-52(98)60(44)43-22-37(9-15-51(43)97)61(75(107)95-65)92-76(108)62(40)91-74(106)50(29-58(87)99)90-77(64)109/h6-17,21-28,33-34,49-50,57,59,61-69,71-72,80,88-89,96-98,100-104H,18-20,29-32,86H2,1-5H3,(H2,87,99)(H,90,109)(H,91,106)(H,92,108)(H,93,110)(H,94,105)(H,95,107)(H,111,112)/t34?,49-,50+,57?,59?,61-,62-,63-,64-,65+,66-,67-,68?,69?,71?,72?,80?,81?/m1/s1. The van der Waals surface area contributed by atoms with Crippen LogP contribution in [0.1, 0.15) is 116 Å². The molecule has 7 aromatic carbocycles. The Morgan fingerprint density at radius 3 is 1.91 bits per heavy atom. The lowest BCUT2D eigenvalue weighted by Crippen LogP contribution is -2.65. The van der Waals surface area contributed by atoms with E-state index in [1.807, 2.05) is 32.0 Å². The van der Waals surface area contributed by atoms with Gasteiger partial charge in [-0.1, -0.05) is 96.6 Å². The van der Waals surface area contributed by atoms with Gasteiger partial charge in [-0.25, -0.2) is 4.79 Å². The number of carboxylic acids is 1. The van der Waals surface area contributed by atoms with Crippen molar-refractivity contribution in [3.05, 3.63) is 180 Å². The molecule has 0 spiro atoms. The molecule has 0 aromatic heterocycles. The van der Waals surface area contributed by atoms with Crippen LogP contribution in [0.3, 0.4) is 0 Å². The molecule has 38 heteroatoms. The molecule has 34 nitrogen and oxygen atoms in total. The van der Waals surface area contributed by atoms with Gasteiger partial charge < -0.3 is 133 Å². The number of primary amides is 1. The number of carbonyl (C=O) groups excluding carboxylic acids is 7. The molecule has 119 heavy (non-hydrogen) atoms. The number of benzene rings is 7. The fraction of sp³-hybridized carbons (Fsp3) is 0.383. The topological polar surface area (TPSA) is 532 Å². The Balaban J connectivity index is 1.01. The number of ether oxygens (including phenoxy) is 7. The number of halogens is 4. The maximum absolute atomic E-state index is 16.2. The fourth-order valence-corrected chi connectivity index (χ4v) is 15.4. The molecule has 0 radical (unpaired) electrons. The summed E-state index contributed by atoms with van der Waals surface area (Å²) < 4.78 is 45.8. The van der Waals surface area contributed by atoms with Gasteiger partial charge in [-0.3, -0.25) is 33.6 Å². The summed E-state index contributed by atoms with van der Waals surface area (Å²) in [6.45, 7) is 6.96. The third kappa shape index (κ3) is 19.7. The van der Waals surface area contributed by atoms with Crippen LogP contribution in [0.2, 0.25) is 20.1 Å². The first-order chi connectivity index (χ1) is 56.5. The monoisotopic (exact) mass is 1720 g/mol. The van der Waals surface area contributed by atoms with Crippen LogP contribution in [-0.2, 0) is 65.5 Å². The highest BCUT2D eigenvalue weighted by atomic mass is 35.5. The number of rotatable bonds is 20. The molecule has 0 saturated carbocycles. The fourth-order valence-electron chi connectivity index (χ4n) is 14.7. The quantitative estimate of drug-likeness (QED) is 0.0486. The molecule has 18 atom stereocenters. The molecule has 11 bridgehead atoms. The number of hydrogen-bond acceptors (Lipinski definition) is 26. The van der Waals surface area contributed by atoms with Gasteiger partial charge in [0.2, 0.25) is 53.4 Å². The maximum Gasteiger partial charge on any atom is 0.330 e. The molecule has 2 saturated heterocycles. The second-order valence-electron chi connectivity index (χ2n) is 30.0. The number of phenolic OH excluding ortho intramolecular Hbond substituents is 3. The third-order valence-corrected chi connectivity index (χ3v) is 22.4. The molecule has 14 rings (SSSR count). The van der Waals surface area contributed by atoms with E-state index in [9.17, 15) is 69.9 Å². The predicted octanol–water partition coefficient (Wildman–Crippen LogP) is 4.83. The van der Waals surface area contributed by atoms with Gasteiger partial charge in [-0.15, -0.1) is 0 Å². The van der Waals surface area contributed by atoms with E-state index in [-0.39, 0.29) is 58.5 Å². The summed E-state index contributed by atoms with van der Waals surface area (Å²) in [5.74, 6) is -15.3.